The molecule has 9 nitrogen and oxygen atoms in total. The lowest BCUT2D eigenvalue weighted by Crippen LogP contribution is -2.56. The van der Waals surface area contributed by atoms with Crippen LogP contribution in [0.3, 0.4) is 0 Å². The molecule has 2 aromatic carbocycles. The van der Waals surface area contributed by atoms with Crippen molar-refractivity contribution in [3.8, 4) is 0 Å². The highest BCUT2D eigenvalue weighted by Gasteiger charge is 2.38. The summed E-state index contributed by atoms with van der Waals surface area (Å²) in [4.78, 5) is 54.4. The molecule has 224 valence electrons. The van der Waals surface area contributed by atoms with Crippen molar-refractivity contribution in [2.45, 2.75) is 92.0 Å². The molecule has 0 bridgehead atoms. The number of carbonyl (C=O) groups excluding carboxylic acids is 4. The minimum atomic E-state index is -1.01. The van der Waals surface area contributed by atoms with Gasteiger partial charge in [-0.2, -0.15) is 0 Å². The summed E-state index contributed by atoms with van der Waals surface area (Å²) in [7, 11) is 0. The molecule has 2 N–H and O–H groups in total. The van der Waals surface area contributed by atoms with Gasteiger partial charge in [-0.1, -0.05) is 54.1 Å². The van der Waals surface area contributed by atoms with Crippen molar-refractivity contribution in [2.24, 2.45) is 0 Å². The van der Waals surface area contributed by atoms with Crippen LogP contribution in [-0.4, -0.2) is 59.6 Å². The third kappa shape index (κ3) is 10.6. The van der Waals surface area contributed by atoms with E-state index >= 15 is 0 Å². The van der Waals surface area contributed by atoms with Crippen molar-refractivity contribution >= 4 is 23.9 Å². The number of nitrogens with zero attached hydrogens (tertiary/aromatic N) is 1. The Labute approximate surface area is 244 Å². The molecule has 9 heteroatoms. The second-order valence-corrected chi connectivity index (χ2v) is 11.3. The molecule has 2 aromatic rings. The normalized spacial score (nSPS) is 12.7. The van der Waals surface area contributed by atoms with E-state index in [1.807, 2.05) is 76.2 Å². The molecule has 0 aliphatic carbocycles. The van der Waals surface area contributed by atoms with Crippen LogP contribution < -0.4 is 10.6 Å². The van der Waals surface area contributed by atoms with Gasteiger partial charge in [-0.25, -0.2) is 4.79 Å². The van der Waals surface area contributed by atoms with E-state index in [-0.39, 0.29) is 26.0 Å². The molecule has 2 rings (SSSR count). The highest BCUT2D eigenvalue weighted by atomic mass is 16.6. The molecule has 0 saturated heterocycles. The molecular formula is C32H45N3O6. The smallest absolute Gasteiger partial charge is 0.408 e. The Balaban J connectivity index is 2.51. The maximum Gasteiger partial charge on any atom is 0.408 e. The summed E-state index contributed by atoms with van der Waals surface area (Å²) >= 11 is 0. The summed E-state index contributed by atoms with van der Waals surface area (Å²) < 4.78 is 10.5. The van der Waals surface area contributed by atoms with Gasteiger partial charge < -0.3 is 25.0 Å². The Bertz CT molecular complexity index is 1190. The van der Waals surface area contributed by atoms with E-state index in [2.05, 4.69) is 10.6 Å². The number of esters is 1. The Morgan fingerprint density at radius 3 is 2.20 bits per heavy atom. The zero-order valence-corrected chi connectivity index (χ0v) is 25.6. The summed E-state index contributed by atoms with van der Waals surface area (Å²) in [5.74, 6) is -1.28. The predicted molar refractivity (Wildman–Crippen MR) is 158 cm³/mol. The monoisotopic (exact) mass is 567 g/mol. The van der Waals surface area contributed by atoms with Gasteiger partial charge in [0.2, 0.25) is 11.8 Å². The molecule has 41 heavy (non-hydrogen) atoms. The molecule has 2 unspecified atom stereocenters. The SMILES string of the molecule is CCOC(=O)CCNC(=O)C(c1ccc(C)cc1C)N(C(=O)C(Cc1ccccc1)NC(=O)OC(C)(C)C)C(C)C. The molecule has 0 radical (unpaired) electrons. The van der Waals surface area contributed by atoms with Gasteiger partial charge >= 0.3 is 12.1 Å². The highest BCUT2D eigenvalue weighted by Crippen LogP contribution is 2.28. The van der Waals surface area contributed by atoms with Gasteiger partial charge in [-0.3, -0.25) is 14.4 Å². The van der Waals surface area contributed by atoms with Crippen LogP contribution in [0.25, 0.3) is 0 Å². The van der Waals surface area contributed by atoms with Crippen molar-refractivity contribution in [3.63, 3.8) is 0 Å². The molecule has 0 spiro atoms. The number of benzene rings is 2. The number of hydrogen-bond acceptors (Lipinski definition) is 6. The number of nitrogens with one attached hydrogen (secondary N) is 2. The molecule has 0 aromatic heterocycles. The fourth-order valence-corrected chi connectivity index (χ4v) is 4.53. The number of hydrogen-bond donors (Lipinski definition) is 2. The number of ether oxygens (including phenoxy) is 2. The number of carbonyl (C=O) groups is 4. The lowest BCUT2D eigenvalue weighted by molar-refractivity contribution is -0.145. The van der Waals surface area contributed by atoms with Crippen LogP contribution in [0, 0.1) is 13.8 Å². The zero-order chi connectivity index (χ0) is 30.7. The van der Waals surface area contributed by atoms with Gasteiger partial charge in [0.15, 0.2) is 0 Å². The van der Waals surface area contributed by atoms with Crippen LogP contribution in [0.1, 0.15) is 76.3 Å². The highest BCUT2D eigenvalue weighted by molar-refractivity contribution is 5.93. The first-order valence-corrected chi connectivity index (χ1v) is 14.1. The average Bonchev–Trinajstić information content (AvgIpc) is 2.86. The molecule has 3 amide bonds. The molecule has 0 heterocycles. The maximum atomic E-state index is 14.4. The first kappa shape index (κ1) is 33.3. The van der Waals surface area contributed by atoms with Crippen LogP contribution in [0.5, 0.6) is 0 Å². The van der Waals surface area contributed by atoms with E-state index in [0.717, 1.165) is 16.7 Å². The summed E-state index contributed by atoms with van der Waals surface area (Å²) in [6.45, 7) is 14.8. The van der Waals surface area contributed by atoms with Crippen LogP contribution in [0.15, 0.2) is 48.5 Å². The topological polar surface area (TPSA) is 114 Å². The van der Waals surface area contributed by atoms with Crippen molar-refractivity contribution in [1.82, 2.24) is 15.5 Å². The molecule has 0 aliphatic heterocycles. The Hall–Kier alpha value is -3.88. The van der Waals surface area contributed by atoms with Crippen molar-refractivity contribution < 1.29 is 28.7 Å². The van der Waals surface area contributed by atoms with E-state index in [9.17, 15) is 19.2 Å². The summed E-state index contributed by atoms with van der Waals surface area (Å²) in [5, 5.41) is 5.57. The number of amides is 3. The number of alkyl carbamates (subject to hydrolysis) is 1. The fourth-order valence-electron chi connectivity index (χ4n) is 4.53. The first-order valence-electron chi connectivity index (χ1n) is 14.1. The van der Waals surface area contributed by atoms with E-state index in [1.54, 1.807) is 27.7 Å². The summed E-state index contributed by atoms with van der Waals surface area (Å²) in [6.07, 6.45) is -0.518. The molecule has 0 saturated carbocycles. The minimum absolute atomic E-state index is 0.00559. The maximum absolute atomic E-state index is 14.4. The number of aryl methyl sites for hydroxylation is 2. The van der Waals surface area contributed by atoms with Crippen molar-refractivity contribution in [1.29, 1.82) is 0 Å². The lowest BCUT2D eigenvalue weighted by atomic mass is 9.94. The van der Waals surface area contributed by atoms with Gasteiger partial charge in [0, 0.05) is 19.0 Å². The van der Waals surface area contributed by atoms with Gasteiger partial charge in [0.05, 0.1) is 13.0 Å². The second kappa shape index (κ2) is 15.2. The van der Waals surface area contributed by atoms with Crippen LogP contribution in [0.2, 0.25) is 0 Å². The Morgan fingerprint density at radius 1 is 0.976 bits per heavy atom. The molecular weight excluding hydrogens is 522 g/mol. The largest absolute Gasteiger partial charge is 0.466 e. The molecule has 0 fully saturated rings. The average molecular weight is 568 g/mol. The van der Waals surface area contributed by atoms with Gasteiger partial charge in [-0.05, 0) is 72.1 Å². The lowest BCUT2D eigenvalue weighted by Gasteiger charge is -2.38. The fraction of sp³-hybridized carbons (Fsp3) is 0.500. The van der Waals surface area contributed by atoms with Crippen molar-refractivity contribution in [3.05, 3.63) is 70.8 Å². The number of rotatable bonds is 12. The van der Waals surface area contributed by atoms with Crippen LogP contribution in [-0.2, 0) is 30.3 Å². The minimum Gasteiger partial charge on any atom is -0.466 e. The molecule has 2 atom stereocenters. The third-order valence-corrected chi connectivity index (χ3v) is 6.26. The van der Waals surface area contributed by atoms with Crippen LogP contribution >= 0.6 is 0 Å². The molecule has 0 aliphatic rings. The van der Waals surface area contributed by atoms with Crippen molar-refractivity contribution in [2.75, 3.05) is 13.2 Å². The Kier molecular flexibility index (Phi) is 12.4. The Morgan fingerprint density at radius 2 is 1.63 bits per heavy atom. The first-order chi connectivity index (χ1) is 19.2. The van der Waals surface area contributed by atoms with E-state index < -0.39 is 47.6 Å². The third-order valence-electron chi connectivity index (χ3n) is 6.26. The van der Waals surface area contributed by atoms with Gasteiger partial charge in [0.1, 0.15) is 17.7 Å². The van der Waals surface area contributed by atoms with Gasteiger partial charge in [-0.15, -0.1) is 0 Å². The summed E-state index contributed by atoms with van der Waals surface area (Å²) in [5.41, 5.74) is 2.59. The zero-order valence-electron chi connectivity index (χ0n) is 25.6. The quantitative estimate of drug-likeness (QED) is 0.357. The predicted octanol–water partition coefficient (Wildman–Crippen LogP) is 4.79. The van der Waals surface area contributed by atoms with E-state index in [1.165, 1.54) is 4.90 Å². The van der Waals surface area contributed by atoms with Crippen LogP contribution in [0.4, 0.5) is 4.79 Å². The van der Waals surface area contributed by atoms with E-state index in [4.69, 9.17) is 9.47 Å². The second-order valence-electron chi connectivity index (χ2n) is 11.3. The summed E-state index contributed by atoms with van der Waals surface area (Å²) in [6, 6.07) is 12.6. The standard InChI is InChI=1S/C32H45N3O6/c1-9-40-27(36)17-18-33-29(37)28(25-16-15-22(4)19-23(25)5)35(21(2)3)30(38)26(20-24-13-11-10-12-14-24)34-31(39)41-32(6,7)8/h10-16,19,21,26,28H,9,17-18,20H2,1-8H3,(H,33,37)(H,34,39). The van der Waals surface area contributed by atoms with Gasteiger partial charge in [0.25, 0.3) is 0 Å². The van der Waals surface area contributed by atoms with E-state index in [0.29, 0.717) is 5.56 Å².